The van der Waals surface area contributed by atoms with Crippen LogP contribution < -0.4 is 10.2 Å². The monoisotopic (exact) mass is 357 g/mol. The molecule has 7 heteroatoms. The maximum absolute atomic E-state index is 12.6. The lowest BCUT2D eigenvalue weighted by atomic mass is 9.92. The highest BCUT2D eigenvalue weighted by Gasteiger charge is 2.30. The second kappa shape index (κ2) is 8.31. The van der Waals surface area contributed by atoms with E-state index < -0.39 is 0 Å². The summed E-state index contributed by atoms with van der Waals surface area (Å²) in [5.41, 5.74) is 1.71. The van der Waals surface area contributed by atoms with Gasteiger partial charge in [0.25, 0.3) is 5.91 Å². The first-order valence-electron chi connectivity index (χ1n) is 9.15. The number of ether oxygens (including phenoxy) is 1. The Morgan fingerprint density at radius 1 is 1.38 bits per heavy atom. The third-order valence-corrected chi connectivity index (χ3v) is 4.78. The largest absolute Gasteiger partial charge is 0.372 e. The molecule has 0 unspecified atom stereocenters. The van der Waals surface area contributed by atoms with E-state index in [4.69, 9.17) is 4.74 Å². The molecule has 0 spiro atoms. The van der Waals surface area contributed by atoms with Crippen LogP contribution in [0.2, 0.25) is 0 Å². The number of hydrogen-bond acceptors (Lipinski definition) is 5. The summed E-state index contributed by atoms with van der Waals surface area (Å²) in [6, 6.07) is 5.56. The van der Waals surface area contributed by atoms with Gasteiger partial charge in [-0.15, -0.1) is 0 Å². The van der Waals surface area contributed by atoms with Gasteiger partial charge in [-0.2, -0.15) is 5.10 Å². The van der Waals surface area contributed by atoms with E-state index in [1.54, 1.807) is 18.3 Å². The number of rotatable bonds is 6. The highest BCUT2D eigenvalue weighted by molar-refractivity contribution is 5.94. The number of aromatic nitrogens is 3. The molecule has 2 aromatic rings. The van der Waals surface area contributed by atoms with Gasteiger partial charge in [-0.1, -0.05) is 0 Å². The standard InChI is InChI=1S/C19H27N5O2/c1-4-24-16(8-10-22-24)18-15(6-5-11-26-18)13-21-19(25)14-7-9-20-17(12-14)23(2)3/h7-10,12,15,18H,4-6,11,13H2,1-3H3,(H,21,25)/t15-,18+/m0/s1. The van der Waals surface area contributed by atoms with Gasteiger partial charge >= 0.3 is 0 Å². The number of nitrogens with one attached hydrogen (secondary N) is 1. The smallest absolute Gasteiger partial charge is 0.251 e. The van der Waals surface area contributed by atoms with Crippen LogP contribution in [-0.4, -0.2) is 47.9 Å². The van der Waals surface area contributed by atoms with E-state index in [0.29, 0.717) is 12.1 Å². The minimum atomic E-state index is -0.0798. The Hall–Kier alpha value is -2.41. The fourth-order valence-corrected chi connectivity index (χ4v) is 3.36. The molecular formula is C19H27N5O2. The molecule has 0 aliphatic carbocycles. The van der Waals surface area contributed by atoms with Gasteiger partial charge in [-0.3, -0.25) is 9.48 Å². The number of carbonyl (C=O) groups is 1. The van der Waals surface area contributed by atoms with Gasteiger partial charge in [-0.05, 0) is 38.0 Å². The van der Waals surface area contributed by atoms with Crippen molar-refractivity contribution in [2.24, 2.45) is 5.92 Å². The van der Waals surface area contributed by atoms with E-state index in [9.17, 15) is 4.79 Å². The quantitative estimate of drug-likeness (QED) is 0.859. The summed E-state index contributed by atoms with van der Waals surface area (Å²) >= 11 is 0. The highest BCUT2D eigenvalue weighted by Crippen LogP contribution is 2.33. The number of aryl methyl sites for hydroxylation is 1. The first-order valence-corrected chi connectivity index (χ1v) is 9.15. The molecule has 0 saturated carbocycles. The van der Waals surface area contributed by atoms with E-state index in [1.165, 1.54) is 0 Å². The second-order valence-corrected chi connectivity index (χ2v) is 6.77. The number of anilines is 1. The summed E-state index contributed by atoms with van der Waals surface area (Å²) in [6.07, 6.45) is 5.49. The van der Waals surface area contributed by atoms with E-state index in [0.717, 1.165) is 37.5 Å². The zero-order chi connectivity index (χ0) is 18.5. The van der Waals surface area contributed by atoms with E-state index >= 15 is 0 Å². The van der Waals surface area contributed by atoms with Crippen molar-refractivity contribution in [1.82, 2.24) is 20.1 Å². The van der Waals surface area contributed by atoms with Crippen molar-refractivity contribution in [2.45, 2.75) is 32.4 Å². The topological polar surface area (TPSA) is 72.3 Å². The minimum absolute atomic E-state index is 0.0266. The minimum Gasteiger partial charge on any atom is -0.372 e. The summed E-state index contributed by atoms with van der Waals surface area (Å²) in [7, 11) is 3.82. The predicted molar refractivity (Wildman–Crippen MR) is 100 cm³/mol. The van der Waals surface area contributed by atoms with Gasteiger partial charge < -0.3 is 15.0 Å². The van der Waals surface area contributed by atoms with Gasteiger partial charge in [0, 0.05) is 57.7 Å². The van der Waals surface area contributed by atoms with E-state index in [-0.39, 0.29) is 17.9 Å². The van der Waals surface area contributed by atoms with Crippen molar-refractivity contribution in [3.8, 4) is 0 Å². The van der Waals surface area contributed by atoms with Crippen LogP contribution >= 0.6 is 0 Å². The van der Waals surface area contributed by atoms with Crippen molar-refractivity contribution in [2.75, 3.05) is 32.1 Å². The molecule has 1 N–H and O–H groups in total. The van der Waals surface area contributed by atoms with Crippen LogP contribution in [0.1, 0.15) is 41.9 Å². The second-order valence-electron chi connectivity index (χ2n) is 6.77. The molecule has 2 atom stereocenters. The molecule has 1 amide bonds. The van der Waals surface area contributed by atoms with Crippen LogP contribution in [0, 0.1) is 5.92 Å². The Morgan fingerprint density at radius 2 is 2.23 bits per heavy atom. The Labute approximate surface area is 154 Å². The molecule has 1 saturated heterocycles. The molecular weight excluding hydrogens is 330 g/mol. The molecule has 1 fully saturated rings. The average Bonchev–Trinajstić information content (AvgIpc) is 3.15. The third-order valence-electron chi connectivity index (χ3n) is 4.78. The SMILES string of the molecule is CCn1nccc1[C@@H]1OCCC[C@H]1CNC(=O)c1ccnc(N(C)C)c1. The first-order chi connectivity index (χ1) is 12.6. The van der Waals surface area contributed by atoms with Gasteiger partial charge in [0.05, 0.1) is 5.69 Å². The van der Waals surface area contributed by atoms with Crippen molar-refractivity contribution < 1.29 is 9.53 Å². The third kappa shape index (κ3) is 4.04. The molecule has 0 radical (unpaired) electrons. The molecule has 3 rings (SSSR count). The summed E-state index contributed by atoms with van der Waals surface area (Å²) in [5, 5.41) is 7.42. The van der Waals surface area contributed by atoms with Gasteiger partial charge in [-0.25, -0.2) is 4.98 Å². The molecule has 3 heterocycles. The molecule has 1 aliphatic heterocycles. The van der Waals surface area contributed by atoms with Crippen LogP contribution in [-0.2, 0) is 11.3 Å². The zero-order valence-electron chi connectivity index (χ0n) is 15.7. The number of pyridine rings is 1. The molecule has 1 aliphatic rings. The summed E-state index contributed by atoms with van der Waals surface area (Å²) < 4.78 is 8.01. The lowest BCUT2D eigenvalue weighted by Crippen LogP contribution is -2.36. The lowest BCUT2D eigenvalue weighted by molar-refractivity contribution is -0.0321. The van der Waals surface area contributed by atoms with Crippen LogP contribution in [0.3, 0.4) is 0 Å². The molecule has 0 bridgehead atoms. The predicted octanol–water partition coefficient (Wildman–Crippen LogP) is 2.26. The van der Waals surface area contributed by atoms with Crippen LogP contribution in [0.25, 0.3) is 0 Å². The molecule has 2 aromatic heterocycles. The normalized spacial score (nSPS) is 20.0. The number of amides is 1. The highest BCUT2D eigenvalue weighted by atomic mass is 16.5. The maximum atomic E-state index is 12.6. The summed E-state index contributed by atoms with van der Waals surface area (Å²) in [5.74, 6) is 0.928. The summed E-state index contributed by atoms with van der Waals surface area (Å²) in [4.78, 5) is 18.7. The van der Waals surface area contributed by atoms with Gasteiger partial charge in [0.15, 0.2) is 0 Å². The average molecular weight is 357 g/mol. The number of nitrogens with zero attached hydrogens (tertiary/aromatic N) is 4. The molecule has 140 valence electrons. The van der Waals surface area contributed by atoms with Crippen LogP contribution in [0.5, 0.6) is 0 Å². The Morgan fingerprint density at radius 3 is 3.00 bits per heavy atom. The lowest BCUT2D eigenvalue weighted by Gasteiger charge is -2.32. The first kappa shape index (κ1) is 18.4. The molecule has 26 heavy (non-hydrogen) atoms. The van der Waals surface area contributed by atoms with Crippen molar-refractivity contribution in [3.05, 3.63) is 41.9 Å². The number of carbonyl (C=O) groups excluding carboxylic acids is 1. The van der Waals surface area contributed by atoms with Crippen LogP contribution in [0.4, 0.5) is 5.82 Å². The van der Waals surface area contributed by atoms with E-state index in [1.807, 2.05) is 35.9 Å². The Bertz CT molecular complexity index is 743. The Balaban J connectivity index is 1.67. The van der Waals surface area contributed by atoms with Crippen LogP contribution in [0.15, 0.2) is 30.6 Å². The fraction of sp³-hybridized carbons (Fsp3) is 0.526. The maximum Gasteiger partial charge on any atom is 0.251 e. The number of hydrogen-bond donors (Lipinski definition) is 1. The summed E-state index contributed by atoms with van der Waals surface area (Å²) in [6.45, 7) is 4.21. The molecule has 7 nitrogen and oxygen atoms in total. The van der Waals surface area contributed by atoms with Gasteiger partial charge in [0.2, 0.25) is 0 Å². The van der Waals surface area contributed by atoms with Crippen molar-refractivity contribution >= 4 is 11.7 Å². The zero-order valence-corrected chi connectivity index (χ0v) is 15.7. The van der Waals surface area contributed by atoms with Gasteiger partial charge in [0.1, 0.15) is 11.9 Å². The fourth-order valence-electron chi connectivity index (χ4n) is 3.36. The van der Waals surface area contributed by atoms with E-state index in [2.05, 4.69) is 22.3 Å². The Kier molecular flexibility index (Phi) is 5.88. The molecule has 0 aromatic carbocycles. The van der Waals surface area contributed by atoms with Crippen molar-refractivity contribution in [3.63, 3.8) is 0 Å². The van der Waals surface area contributed by atoms with Crippen molar-refractivity contribution in [1.29, 1.82) is 0 Å².